The van der Waals surface area contributed by atoms with E-state index in [0.717, 1.165) is 38.4 Å². The van der Waals surface area contributed by atoms with Gasteiger partial charge in [-0.25, -0.2) is 4.98 Å². The predicted molar refractivity (Wildman–Crippen MR) is 74.4 cm³/mol. The minimum absolute atomic E-state index is 0.624. The maximum atomic E-state index is 5.24. The molecule has 1 fully saturated rings. The highest BCUT2D eigenvalue weighted by molar-refractivity contribution is 7.99. The van der Waals surface area contributed by atoms with Gasteiger partial charge in [-0.05, 0) is 12.2 Å². The Morgan fingerprint density at radius 3 is 2.94 bits per heavy atom. The molecule has 0 amide bonds. The summed E-state index contributed by atoms with van der Waals surface area (Å²) in [4.78, 5) is 10.2. The van der Waals surface area contributed by atoms with E-state index in [1.165, 1.54) is 22.8 Å². The van der Waals surface area contributed by atoms with Crippen LogP contribution in [-0.2, 0) is 13.0 Å². The van der Waals surface area contributed by atoms with Crippen LogP contribution in [0.25, 0.3) is 0 Å². The topological polar surface area (TPSA) is 44.0 Å². The van der Waals surface area contributed by atoms with Gasteiger partial charge < -0.3 is 15.2 Å². The van der Waals surface area contributed by atoms with Gasteiger partial charge >= 0.3 is 0 Å². The van der Waals surface area contributed by atoms with Crippen LogP contribution >= 0.6 is 24.0 Å². The number of rotatable bonds is 1. The molecule has 0 bridgehead atoms. The molecule has 2 N–H and O–H groups in total. The van der Waals surface area contributed by atoms with Crippen molar-refractivity contribution in [1.29, 1.82) is 0 Å². The zero-order valence-electron chi connectivity index (χ0n) is 9.66. The molecule has 1 aromatic heterocycles. The highest BCUT2D eigenvalue weighted by atomic mass is 32.2. The summed E-state index contributed by atoms with van der Waals surface area (Å²) in [5.41, 5.74) is 2.59. The Balaban J connectivity index is 2.01. The van der Waals surface area contributed by atoms with Gasteiger partial charge in [0.05, 0.1) is 0 Å². The van der Waals surface area contributed by atoms with Crippen LogP contribution in [0.1, 0.15) is 11.3 Å². The van der Waals surface area contributed by atoms with E-state index in [9.17, 15) is 0 Å². The molecule has 6 heteroatoms. The second kappa shape index (κ2) is 4.96. The largest absolute Gasteiger partial charge is 0.355 e. The second-order valence-electron chi connectivity index (χ2n) is 4.35. The van der Waals surface area contributed by atoms with Crippen molar-refractivity contribution in [2.45, 2.75) is 13.0 Å². The Morgan fingerprint density at radius 1 is 1.29 bits per heavy atom. The normalized spacial score (nSPS) is 20.1. The number of nitrogens with one attached hydrogen (secondary N) is 2. The van der Waals surface area contributed by atoms with Crippen LogP contribution in [0.5, 0.6) is 0 Å². The molecular weight excluding hydrogens is 252 g/mol. The Hall–Kier alpha value is -0.590. The highest BCUT2D eigenvalue weighted by Gasteiger charge is 2.20. The summed E-state index contributed by atoms with van der Waals surface area (Å²) in [6.45, 7) is 4.11. The van der Waals surface area contributed by atoms with Gasteiger partial charge in [-0.2, -0.15) is 11.8 Å². The standard InChI is InChI=1S/C11H16N4S2/c16-11-13-9-1-2-12-7-8(9)10(14-11)15-3-5-17-6-4-15/h12H,1-7H2,(H,13,14,16). The van der Waals surface area contributed by atoms with Crippen molar-refractivity contribution >= 4 is 29.8 Å². The molecule has 1 saturated heterocycles. The van der Waals surface area contributed by atoms with E-state index in [-0.39, 0.29) is 0 Å². The van der Waals surface area contributed by atoms with Crippen LogP contribution in [0.4, 0.5) is 5.82 Å². The van der Waals surface area contributed by atoms with Crippen molar-refractivity contribution in [3.8, 4) is 0 Å². The van der Waals surface area contributed by atoms with Crippen molar-refractivity contribution in [2.75, 3.05) is 36.0 Å². The molecule has 0 saturated carbocycles. The van der Waals surface area contributed by atoms with Crippen molar-refractivity contribution in [3.05, 3.63) is 16.0 Å². The number of aromatic nitrogens is 2. The SMILES string of the molecule is S=c1nc(N2CCSCC2)c2c([nH]1)CCNC2. The predicted octanol–water partition coefficient (Wildman–Crippen LogP) is 1.34. The van der Waals surface area contributed by atoms with Crippen LogP contribution < -0.4 is 10.2 Å². The Labute approximate surface area is 110 Å². The summed E-state index contributed by atoms with van der Waals surface area (Å²) in [5, 5.41) is 3.41. The molecule has 1 aromatic rings. The average Bonchev–Trinajstić information content (AvgIpc) is 2.39. The molecule has 0 aliphatic carbocycles. The summed E-state index contributed by atoms with van der Waals surface area (Å²) in [7, 11) is 0. The van der Waals surface area contributed by atoms with Gasteiger partial charge in [0, 0.05) is 55.4 Å². The van der Waals surface area contributed by atoms with Crippen LogP contribution in [0.3, 0.4) is 0 Å². The number of hydrogen-bond acceptors (Lipinski definition) is 5. The van der Waals surface area contributed by atoms with Gasteiger partial charge in [-0.15, -0.1) is 0 Å². The van der Waals surface area contributed by atoms with E-state index in [2.05, 4.69) is 20.2 Å². The molecule has 0 atom stereocenters. The number of fused-ring (bicyclic) bond motifs is 1. The maximum absolute atomic E-state index is 5.24. The first-order valence-electron chi connectivity index (χ1n) is 6.00. The first-order valence-corrected chi connectivity index (χ1v) is 7.56. The van der Waals surface area contributed by atoms with E-state index in [0.29, 0.717) is 4.77 Å². The first kappa shape index (κ1) is 11.5. The third-order valence-electron chi connectivity index (χ3n) is 3.26. The molecule has 92 valence electrons. The number of anilines is 1. The van der Waals surface area contributed by atoms with Gasteiger partial charge in [0.15, 0.2) is 4.77 Å². The van der Waals surface area contributed by atoms with Crippen LogP contribution in [0.15, 0.2) is 0 Å². The fourth-order valence-corrected chi connectivity index (χ4v) is 3.51. The molecule has 3 rings (SSSR count). The number of H-pyrrole nitrogens is 1. The molecule has 4 nitrogen and oxygen atoms in total. The van der Waals surface area contributed by atoms with Gasteiger partial charge in [-0.3, -0.25) is 0 Å². The minimum Gasteiger partial charge on any atom is -0.355 e. The van der Waals surface area contributed by atoms with E-state index >= 15 is 0 Å². The molecule has 0 aromatic carbocycles. The lowest BCUT2D eigenvalue weighted by Gasteiger charge is -2.31. The van der Waals surface area contributed by atoms with Gasteiger partial charge in [-0.1, -0.05) is 0 Å². The summed E-state index contributed by atoms with van der Waals surface area (Å²) < 4.78 is 0.624. The van der Waals surface area contributed by atoms with E-state index in [1.807, 2.05) is 11.8 Å². The third-order valence-corrected chi connectivity index (χ3v) is 4.40. The van der Waals surface area contributed by atoms with Crippen molar-refractivity contribution < 1.29 is 0 Å². The zero-order valence-corrected chi connectivity index (χ0v) is 11.3. The number of thioether (sulfide) groups is 1. The number of hydrogen-bond donors (Lipinski definition) is 2. The Kier molecular flexibility index (Phi) is 3.35. The monoisotopic (exact) mass is 268 g/mol. The Bertz CT molecular complexity index is 465. The smallest absolute Gasteiger partial charge is 0.198 e. The quantitative estimate of drug-likeness (QED) is 0.753. The zero-order chi connectivity index (χ0) is 11.7. The molecule has 0 radical (unpaired) electrons. The van der Waals surface area contributed by atoms with Crippen LogP contribution in [0, 0.1) is 4.77 Å². The van der Waals surface area contributed by atoms with E-state index < -0.39 is 0 Å². The molecule has 3 heterocycles. The minimum atomic E-state index is 0.624. The lowest BCUT2D eigenvalue weighted by atomic mass is 10.1. The summed E-state index contributed by atoms with van der Waals surface area (Å²) in [5.74, 6) is 3.49. The van der Waals surface area contributed by atoms with Gasteiger partial charge in [0.25, 0.3) is 0 Å². The third kappa shape index (κ3) is 2.34. The van der Waals surface area contributed by atoms with E-state index in [1.54, 1.807) is 0 Å². The van der Waals surface area contributed by atoms with Crippen LogP contribution in [0.2, 0.25) is 0 Å². The second-order valence-corrected chi connectivity index (χ2v) is 5.96. The highest BCUT2D eigenvalue weighted by Crippen LogP contribution is 2.25. The fourth-order valence-electron chi connectivity index (χ4n) is 2.39. The van der Waals surface area contributed by atoms with Gasteiger partial charge in [0.1, 0.15) is 5.82 Å². The summed E-state index contributed by atoms with van der Waals surface area (Å²) >= 11 is 7.25. The van der Waals surface area contributed by atoms with Crippen LogP contribution in [-0.4, -0.2) is 41.1 Å². The molecule has 0 spiro atoms. The lowest BCUT2D eigenvalue weighted by Crippen LogP contribution is -2.36. The number of nitrogens with zero attached hydrogens (tertiary/aromatic N) is 2. The maximum Gasteiger partial charge on any atom is 0.198 e. The fraction of sp³-hybridized carbons (Fsp3) is 0.636. The molecule has 0 unspecified atom stereocenters. The first-order chi connectivity index (χ1) is 8.34. The van der Waals surface area contributed by atoms with E-state index in [4.69, 9.17) is 12.2 Å². The molecule has 2 aliphatic rings. The summed E-state index contributed by atoms with van der Waals surface area (Å²) in [6.07, 6.45) is 1.02. The van der Waals surface area contributed by atoms with Crippen molar-refractivity contribution in [3.63, 3.8) is 0 Å². The summed E-state index contributed by atoms with van der Waals surface area (Å²) in [6, 6.07) is 0. The number of aromatic amines is 1. The molecule has 2 aliphatic heterocycles. The molecular formula is C11H16N4S2. The van der Waals surface area contributed by atoms with Crippen molar-refractivity contribution in [2.24, 2.45) is 0 Å². The molecule has 17 heavy (non-hydrogen) atoms. The van der Waals surface area contributed by atoms with Crippen molar-refractivity contribution in [1.82, 2.24) is 15.3 Å². The average molecular weight is 268 g/mol. The van der Waals surface area contributed by atoms with Gasteiger partial charge in [0.2, 0.25) is 0 Å². The lowest BCUT2D eigenvalue weighted by molar-refractivity contribution is 0.620. The Morgan fingerprint density at radius 2 is 2.12 bits per heavy atom.